The lowest BCUT2D eigenvalue weighted by molar-refractivity contribution is -0.132. The molecule has 9 heteroatoms. The molecule has 0 unspecified atom stereocenters. The molecular formula is C26H25FN2O4S2. The zero-order chi connectivity index (χ0) is 24.8. The quantitative estimate of drug-likeness (QED) is 0.293. The lowest BCUT2D eigenvalue weighted by Gasteiger charge is -2.27. The number of amides is 1. The van der Waals surface area contributed by atoms with Crippen LogP contribution in [0.4, 0.5) is 4.39 Å². The van der Waals surface area contributed by atoms with Crippen LogP contribution in [-0.2, 0) is 34.5 Å². The van der Waals surface area contributed by atoms with Gasteiger partial charge in [-0.15, -0.1) is 11.3 Å². The van der Waals surface area contributed by atoms with Crippen molar-refractivity contribution < 1.29 is 22.0 Å². The summed E-state index contributed by atoms with van der Waals surface area (Å²) in [6, 6.07) is 21.2. The molecule has 2 heterocycles. The third-order valence-corrected chi connectivity index (χ3v) is 8.18. The van der Waals surface area contributed by atoms with E-state index in [0.717, 1.165) is 19.6 Å². The highest BCUT2D eigenvalue weighted by Crippen LogP contribution is 2.22. The highest BCUT2D eigenvalue weighted by atomic mass is 32.2. The van der Waals surface area contributed by atoms with Gasteiger partial charge in [0.2, 0.25) is 15.9 Å². The molecule has 0 radical (unpaired) electrons. The Labute approximate surface area is 208 Å². The second kappa shape index (κ2) is 11.0. The number of benzene rings is 2. The number of hydrogen-bond acceptors (Lipinski definition) is 5. The maximum absolute atomic E-state index is 13.6. The molecule has 0 aliphatic carbocycles. The maximum atomic E-state index is 13.6. The molecule has 0 spiro atoms. The number of carbonyl (C=O) groups excluding carboxylic acids is 1. The number of rotatable bonds is 10. The molecule has 0 saturated carbocycles. The van der Waals surface area contributed by atoms with Gasteiger partial charge in [-0.1, -0.05) is 30.3 Å². The van der Waals surface area contributed by atoms with Gasteiger partial charge in [0.15, 0.2) is 0 Å². The molecule has 182 valence electrons. The van der Waals surface area contributed by atoms with E-state index in [-0.39, 0.29) is 36.3 Å². The van der Waals surface area contributed by atoms with E-state index in [1.54, 1.807) is 58.7 Å². The topological polar surface area (TPSA) is 70.8 Å². The van der Waals surface area contributed by atoms with E-state index in [2.05, 4.69) is 0 Å². The van der Waals surface area contributed by atoms with Crippen molar-refractivity contribution in [1.82, 2.24) is 9.21 Å². The van der Waals surface area contributed by atoms with Crippen molar-refractivity contribution in [2.45, 2.75) is 31.5 Å². The minimum absolute atomic E-state index is 0.0849. The van der Waals surface area contributed by atoms with Crippen LogP contribution in [0.2, 0.25) is 0 Å². The van der Waals surface area contributed by atoms with Crippen molar-refractivity contribution in [3.8, 4) is 0 Å². The largest absolute Gasteiger partial charge is 0.468 e. The third kappa shape index (κ3) is 6.45. The second-order valence-electron chi connectivity index (χ2n) is 8.05. The number of hydrogen-bond donors (Lipinski definition) is 0. The average Bonchev–Trinajstić information content (AvgIpc) is 3.51. The van der Waals surface area contributed by atoms with Gasteiger partial charge < -0.3 is 9.32 Å². The molecule has 35 heavy (non-hydrogen) atoms. The summed E-state index contributed by atoms with van der Waals surface area (Å²) in [5.74, 6) is -0.304. The van der Waals surface area contributed by atoms with Crippen LogP contribution in [-0.4, -0.2) is 30.1 Å². The Morgan fingerprint density at radius 1 is 0.914 bits per heavy atom. The van der Waals surface area contributed by atoms with E-state index in [4.69, 9.17) is 4.42 Å². The summed E-state index contributed by atoms with van der Waals surface area (Å²) in [4.78, 5) is 17.3. The van der Waals surface area contributed by atoms with Crippen LogP contribution < -0.4 is 0 Å². The highest BCUT2D eigenvalue weighted by molar-refractivity contribution is 7.89. The lowest BCUT2D eigenvalue weighted by Crippen LogP contribution is -2.42. The molecule has 2 aromatic heterocycles. The fourth-order valence-corrected chi connectivity index (χ4v) is 5.88. The zero-order valence-electron chi connectivity index (χ0n) is 19.1. The SMILES string of the molecule is Cc1ccc(CN(Cc2ccc(F)cc2)C(=O)CN(Cc2ccco2)S(=O)(=O)c2ccccc2)s1. The Bertz CT molecular complexity index is 1350. The average molecular weight is 513 g/mol. The molecular weight excluding hydrogens is 487 g/mol. The molecule has 2 aromatic carbocycles. The maximum Gasteiger partial charge on any atom is 0.243 e. The number of nitrogens with zero attached hydrogens (tertiary/aromatic N) is 2. The van der Waals surface area contributed by atoms with Gasteiger partial charge >= 0.3 is 0 Å². The molecule has 0 N–H and O–H groups in total. The van der Waals surface area contributed by atoms with Crippen molar-refractivity contribution in [2.24, 2.45) is 0 Å². The monoisotopic (exact) mass is 512 g/mol. The number of sulfonamides is 1. The number of halogens is 1. The van der Waals surface area contributed by atoms with E-state index in [1.165, 1.54) is 30.5 Å². The van der Waals surface area contributed by atoms with Gasteiger partial charge in [0.1, 0.15) is 11.6 Å². The highest BCUT2D eigenvalue weighted by Gasteiger charge is 2.29. The van der Waals surface area contributed by atoms with Gasteiger partial charge in [-0.05, 0) is 61.0 Å². The number of thiophene rings is 1. The summed E-state index contributed by atoms with van der Waals surface area (Å²) in [5.41, 5.74) is 0.747. The Hall–Kier alpha value is -3.27. The Morgan fingerprint density at radius 3 is 2.29 bits per heavy atom. The van der Waals surface area contributed by atoms with Crippen molar-refractivity contribution >= 4 is 27.3 Å². The summed E-state index contributed by atoms with van der Waals surface area (Å²) in [6.45, 7) is 2.06. The summed E-state index contributed by atoms with van der Waals surface area (Å²) >= 11 is 1.57. The first-order valence-corrected chi connectivity index (χ1v) is 13.2. The summed E-state index contributed by atoms with van der Waals surface area (Å²) in [5, 5.41) is 0. The van der Waals surface area contributed by atoms with Crippen LogP contribution in [0.15, 0.2) is 94.4 Å². The molecule has 0 aliphatic rings. The van der Waals surface area contributed by atoms with E-state index >= 15 is 0 Å². The van der Waals surface area contributed by atoms with Crippen LogP contribution in [0, 0.1) is 12.7 Å². The minimum Gasteiger partial charge on any atom is -0.468 e. The number of aryl methyl sites for hydroxylation is 1. The lowest BCUT2D eigenvalue weighted by atomic mass is 10.2. The van der Waals surface area contributed by atoms with Gasteiger partial charge in [-0.3, -0.25) is 4.79 Å². The Morgan fingerprint density at radius 2 is 1.66 bits per heavy atom. The summed E-state index contributed by atoms with van der Waals surface area (Å²) < 4.78 is 46.8. The molecule has 1 amide bonds. The van der Waals surface area contributed by atoms with Crippen LogP contribution in [0.5, 0.6) is 0 Å². The molecule has 4 aromatic rings. The van der Waals surface area contributed by atoms with Gasteiger partial charge in [-0.25, -0.2) is 12.8 Å². The Balaban J connectivity index is 1.62. The van der Waals surface area contributed by atoms with Gasteiger partial charge in [-0.2, -0.15) is 4.31 Å². The molecule has 0 saturated heterocycles. The summed E-state index contributed by atoms with van der Waals surface area (Å²) in [7, 11) is -3.97. The molecule has 6 nitrogen and oxygen atoms in total. The van der Waals surface area contributed by atoms with E-state index in [1.807, 2.05) is 19.1 Å². The molecule has 0 fully saturated rings. The third-order valence-electron chi connectivity index (χ3n) is 5.39. The zero-order valence-corrected chi connectivity index (χ0v) is 20.8. The van der Waals surface area contributed by atoms with Crippen LogP contribution in [0.1, 0.15) is 21.1 Å². The molecule has 0 aliphatic heterocycles. The van der Waals surface area contributed by atoms with Gasteiger partial charge in [0.05, 0.1) is 30.8 Å². The van der Waals surface area contributed by atoms with E-state index in [0.29, 0.717) is 12.3 Å². The van der Waals surface area contributed by atoms with Crippen molar-refractivity contribution in [2.75, 3.05) is 6.54 Å². The number of carbonyl (C=O) groups is 1. The number of furan rings is 1. The first kappa shape index (κ1) is 24.8. The standard InChI is InChI=1S/C26H25FN2O4S2/c1-20-9-14-24(34-20)18-28(16-21-10-12-22(27)13-11-21)26(30)19-29(17-23-6-5-15-33-23)35(31,32)25-7-3-2-4-8-25/h2-15H,16-19H2,1H3. The van der Waals surface area contributed by atoms with Crippen molar-refractivity contribution in [3.05, 3.63) is 112 Å². The van der Waals surface area contributed by atoms with Gasteiger partial charge in [0, 0.05) is 16.3 Å². The molecule has 4 rings (SSSR count). The van der Waals surface area contributed by atoms with Gasteiger partial charge in [0.25, 0.3) is 0 Å². The predicted octanol–water partition coefficient (Wildman–Crippen LogP) is 5.21. The first-order chi connectivity index (χ1) is 16.8. The summed E-state index contributed by atoms with van der Waals surface area (Å²) in [6.07, 6.45) is 1.46. The first-order valence-electron chi connectivity index (χ1n) is 11.0. The van der Waals surface area contributed by atoms with Crippen LogP contribution in [0.3, 0.4) is 0 Å². The fraction of sp³-hybridized carbons (Fsp3) is 0.192. The fourth-order valence-electron chi connectivity index (χ4n) is 3.60. The van der Waals surface area contributed by atoms with Crippen molar-refractivity contribution in [1.29, 1.82) is 0 Å². The molecule has 0 bridgehead atoms. The van der Waals surface area contributed by atoms with Crippen molar-refractivity contribution in [3.63, 3.8) is 0 Å². The molecule has 0 atom stereocenters. The second-order valence-corrected chi connectivity index (χ2v) is 11.4. The minimum atomic E-state index is -3.97. The van der Waals surface area contributed by atoms with E-state index < -0.39 is 10.0 Å². The smallest absolute Gasteiger partial charge is 0.243 e. The van der Waals surface area contributed by atoms with Crippen LogP contribution >= 0.6 is 11.3 Å². The Kier molecular flexibility index (Phi) is 7.80. The van der Waals surface area contributed by atoms with E-state index in [9.17, 15) is 17.6 Å². The normalized spacial score (nSPS) is 11.6. The predicted molar refractivity (Wildman–Crippen MR) is 132 cm³/mol. The van der Waals surface area contributed by atoms with Crippen LogP contribution in [0.25, 0.3) is 0 Å².